The summed E-state index contributed by atoms with van der Waals surface area (Å²) < 4.78 is 10.6. The summed E-state index contributed by atoms with van der Waals surface area (Å²) in [5.41, 5.74) is 0. The number of fused-ring (bicyclic) bond motifs is 2. The first-order valence-corrected chi connectivity index (χ1v) is 4.30. The van der Waals surface area contributed by atoms with Gasteiger partial charge < -0.3 is 14.6 Å². The smallest absolute Gasteiger partial charge is 0.157 e. The first kappa shape index (κ1) is 6.40. The Morgan fingerprint density at radius 2 is 2.00 bits per heavy atom. The zero-order valence-corrected chi connectivity index (χ0v) is 6.27. The van der Waals surface area contributed by atoms with Crippen LogP contribution in [0.2, 0.25) is 0 Å². The van der Waals surface area contributed by atoms with Gasteiger partial charge in [-0.3, -0.25) is 0 Å². The summed E-state index contributed by atoms with van der Waals surface area (Å²) in [4.78, 5) is 0. The van der Waals surface area contributed by atoms with Gasteiger partial charge in [0.15, 0.2) is 6.29 Å². The predicted octanol–water partition coefficient (Wildman–Crippen LogP) is 0.129. The molecule has 62 valence electrons. The summed E-state index contributed by atoms with van der Waals surface area (Å²) in [6.45, 7) is 0.735. The van der Waals surface area contributed by atoms with Crippen molar-refractivity contribution in [3.8, 4) is 0 Å². The topological polar surface area (TPSA) is 42.0 Å². The number of aliphatic hydroxyl groups excluding tert-OH is 1. The molecule has 2 heterocycles. The second-order valence-corrected chi connectivity index (χ2v) is 3.83. The molecule has 0 bridgehead atoms. The Labute approximate surface area is 65.3 Å². The first-order valence-electron chi connectivity index (χ1n) is 4.30. The third-order valence-electron chi connectivity index (χ3n) is 3.18. The molecule has 3 heteroatoms. The van der Waals surface area contributed by atoms with Crippen LogP contribution in [0.4, 0.5) is 0 Å². The lowest BCUT2D eigenvalue weighted by Crippen LogP contribution is -2.27. The van der Waals surface area contributed by atoms with Crippen molar-refractivity contribution in [1.82, 2.24) is 0 Å². The van der Waals surface area contributed by atoms with E-state index in [1.807, 2.05) is 0 Å². The number of epoxide rings is 1. The Morgan fingerprint density at radius 1 is 1.18 bits per heavy atom. The summed E-state index contributed by atoms with van der Waals surface area (Å²) in [6.07, 6.45) is 2.56. The Balaban J connectivity index is 1.79. The third kappa shape index (κ3) is 0.849. The molecular weight excluding hydrogens is 144 g/mol. The van der Waals surface area contributed by atoms with Gasteiger partial charge >= 0.3 is 0 Å². The van der Waals surface area contributed by atoms with Crippen LogP contribution < -0.4 is 0 Å². The van der Waals surface area contributed by atoms with Gasteiger partial charge in [0.2, 0.25) is 0 Å². The van der Waals surface area contributed by atoms with Crippen LogP contribution in [0, 0.1) is 11.8 Å². The van der Waals surface area contributed by atoms with Crippen molar-refractivity contribution in [3.05, 3.63) is 0 Å². The number of ether oxygens (including phenoxy) is 2. The summed E-state index contributed by atoms with van der Waals surface area (Å²) in [5.74, 6) is 0.924. The van der Waals surface area contributed by atoms with E-state index < -0.39 is 6.29 Å². The van der Waals surface area contributed by atoms with Crippen molar-refractivity contribution in [2.24, 2.45) is 11.8 Å². The zero-order chi connectivity index (χ0) is 7.42. The molecule has 0 aromatic heterocycles. The quantitative estimate of drug-likeness (QED) is 0.507. The lowest BCUT2D eigenvalue weighted by atomic mass is 9.81. The maximum Gasteiger partial charge on any atom is 0.157 e. The maximum absolute atomic E-state index is 9.38. The Bertz CT molecular complexity index is 182. The molecule has 2 saturated heterocycles. The molecule has 5 atom stereocenters. The van der Waals surface area contributed by atoms with E-state index in [1.54, 1.807) is 0 Å². The highest BCUT2D eigenvalue weighted by atomic mass is 16.6. The van der Waals surface area contributed by atoms with Crippen LogP contribution in [0.15, 0.2) is 0 Å². The average molecular weight is 156 g/mol. The van der Waals surface area contributed by atoms with E-state index >= 15 is 0 Å². The van der Waals surface area contributed by atoms with Gasteiger partial charge in [0, 0.05) is 5.92 Å². The van der Waals surface area contributed by atoms with E-state index in [2.05, 4.69) is 0 Å². The molecule has 1 saturated carbocycles. The normalized spacial score (nSPS) is 60.3. The van der Waals surface area contributed by atoms with E-state index in [1.165, 1.54) is 0 Å². The molecule has 3 rings (SSSR count). The second kappa shape index (κ2) is 1.97. The number of rotatable bonds is 0. The second-order valence-electron chi connectivity index (χ2n) is 3.83. The minimum Gasteiger partial charge on any atom is -0.370 e. The largest absolute Gasteiger partial charge is 0.370 e. The van der Waals surface area contributed by atoms with E-state index in [-0.39, 0.29) is 0 Å². The molecule has 3 nitrogen and oxygen atoms in total. The van der Waals surface area contributed by atoms with Crippen LogP contribution >= 0.6 is 0 Å². The van der Waals surface area contributed by atoms with Gasteiger partial charge in [0.1, 0.15) is 0 Å². The van der Waals surface area contributed by atoms with Crippen LogP contribution in [0.25, 0.3) is 0 Å². The lowest BCUT2D eigenvalue weighted by Gasteiger charge is -2.21. The van der Waals surface area contributed by atoms with Crippen LogP contribution in [-0.4, -0.2) is 30.2 Å². The SMILES string of the molecule is OC1OCC2CC3OC3CC21. The molecule has 3 fully saturated rings. The van der Waals surface area contributed by atoms with E-state index in [4.69, 9.17) is 9.47 Å². The lowest BCUT2D eigenvalue weighted by molar-refractivity contribution is -0.0846. The average Bonchev–Trinajstić information content (AvgIpc) is 2.68. The van der Waals surface area contributed by atoms with Crippen molar-refractivity contribution in [2.75, 3.05) is 6.61 Å². The monoisotopic (exact) mass is 156 g/mol. The molecular formula is C8H12O3. The molecule has 0 radical (unpaired) electrons. The summed E-state index contributed by atoms with van der Waals surface area (Å²) in [5, 5.41) is 9.38. The fourth-order valence-corrected chi connectivity index (χ4v) is 2.41. The van der Waals surface area contributed by atoms with E-state index in [0.29, 0.717) is 24.0 Å². The van der Waals surface area contributed by atoms with Crippen LogP contribution in [0.1, 0.15) is 12.8 Å². The molecule has 0 amide bonds. The molecule has 11 heavy (non-hydrogen) atoms. The minimum atomic E-state index is -0.509. The maximum atomic E-state index is 9.38. The highest BCUT2D eigenvalue weighted by Crippen LogP contribution is 2.46. The number of hydrogen-bond acceptors (Lipinski definition) is 3. The molecule has 0 aromatic carbocycles. The standard InChI is InChI=1S/C8H12O3/c9-8-5-2-7-6(11-7)1-4(5)3-10-8/h4-9H,1-3H2. The van der Waals surface area contributed by atoms with Crippen molar-refractivity contribution in [3.63, 3.8) is 0 Å². The fraction of sp³-hybridized carbons (Fsp3) is 1.00. The van der Waals surface area contributed by atoms with Gasteiger partial charge in [-0.25, -0.2) is 0 Å². The highest BCUT2D eigenvalue weighted by Gasteiger charge is 2.52. The van der Waals surface area contributed by atoms with Crippen molar-refractivity contribution < 1.29 is 14.6 Å². The molecule has 1 N–H and O–H groups in total. The van der Waals surface area contributed by atoms with Crippen molar-refractivity contribution in [2.45, 2.75) is 31.3 Å². The van der Waals surface area contributed by atoms with Crippen LogP contribution in [0.5, 0.6) is 0 Å². The van der Waals surface area contributed by atoms with Gasteiger partial charge in [0.25, 0.3) is 0 Å². The summed E-state index contributed by atoms with van der Waals surface area (Å²) in [7, 11) is 0. The van der Waals surface area contributed by atoms with Gasteiger partial charge in [-0.05, 0) is 18.8 Å². The minimum absolute atomic E-state index is 0.360. The Morgan fingerprint density at radius 3 is 2.91 bits per heavy atom. The molecule has 2 aliphatic heterocycles. The molecule has 0 aromatic rings. The predicted molar refractivity (Wildman–Crippen MR) is 36.8 cm³/mol. The van der Waals surface area contributed by atoms with Crippen molar-refractivity contribution in [1.29, 1.82) is 0 Å². The third-order valence-corrected chi connectivity index (χ3v) is 3.18. The zero-order valence-electron chi connectivity index (χ0n) is 6.27. The van der Waals surface area contributed by atoms with E-state index in [0.717, 1.165) is 19.4 Å². The first-order chi connectivity index (χ1) is 5.34. The number of aliphatic hydroxyl groups is 1. The molecule has 3 aliphatic rings. The number of hydrogen-bond donors (Lipinski definition) is 1. The van der Waals surface area contributed by atoms with Gasteiger partial charge in [-0.2, -0.15) is 0 Å². The molecule has 1 aliphatic carbocycles. The van der Waals surface area contributed by atoms with Gasteiger partial charge in [0.05, 0.1) is 18.8 Å². The summed E-state index contributed by atoms with van der Waals surface area (Å²) >= 11 is 0. The van der Waals surface area contributed by atoms with Gasteiger partial charge in [-0.15, -0.1) is 0 Å². The Hall–Kier alpha value is -0.120. The summed E-state index contributed by atoms with van der Waals surface area (Å²) in [6, 6.07) is 0. The van der Waals surface area contributed by atoms with E-state index in [9.17, 15) is 5.11 Å². The van der Waals surface area contributed by atoms with Crippen LogP contribution in [0.3, 0.4) is 0 Å². The fourth-order valence-electron chi connectivity index (χ4n) is 2.41. The molecule has 5 unspecified atom stereocenters. The van der Waals surface area contributed by atoms with Crippen LogP contribution in [-0.2, 0) is 9.47 Å². The Kier molecular flexibility index (Phi) is 1.15. The van der Waals surface area contributed by atoms with Gasteiger partial charge in [-0.1, -0.05) is 0 Å². The molecule has 0 spiro atoms. The highest BCUT2D eigenvalue weighted by molar-refractivity contribution is 4.98. The van der Waals surface area contributed by atoms with Crippen molar-refractivity contribution >= 4 is 0 Å².